The van der Waals surface area contributed by atoms with Crippen LogP contribution in [0.25, 0.3) is 11.0 Å². The fourth-order valence-corrected chi connectivity index (χ4v) is 5.05. The number of aryl methyl sites for hydroxylation is 1. The van der Waals surface area contributed by atoms with E-state index >= 15 is 0 Å². The lowest BCUT2D eigenvalue weighted by Crippen LogP contribution is -2.22. The summed E-state index contributed by atoms with van der Waals surface area (Å²) in [6, 6.07) is 10.1. The number of furan rings is 1. The van der Waals surface area contributed by atoms with Gasteiger partial charge in [0.2, 0.25) is 9.84 Å². The van der Waals surface area contributed by atoms with E-state index in [1.807, 2.05) is 6.07 Å². The molecule has 4 nitrogen and oxygen atoms in total. The fraction of sp³-hybridized carbons (Fsp3) is 0.222. The van der Waals surface area contributed by atoms with E-state index in [0.717, 1.165) is 29.7 Å². The molecule has 0 bridgehead atoms. The Hall–Kier alpha value is -1.82. The Labute approximate surface area is 145 Å². The van der Waals surface area contributed by atoms with Crippen LogP contribution < -0.4 is 5.32 Å². The summed E-state index contributed by atoms with van der Waals surface area (Å²) in [7, 11) is -3.63. The molecule has 1 aliphatic rings. The number of sulfone groups is 1. The standard InChI is InChI=1S/C18H16ClNO3S/c1-11-4-2-3-5-17(11)24(21,22)12-8-13-14-10-20-7-6-16(14)23-18(13)15(19)9-12/h2-5,8-9,20H,6-7,10H2,1H3. The summed E-state index contributed by atoms with van der Waals surface area (Å²) in [5.41, 5.74) is 2.28. The van der Waals surface area contributed by atoms with Crippen LogP contribution in [-0.4, -0.2) is 15.0 Å². The molecule has 0 saturated heterocycles. The number of fused-ring (bicyclic) bond motifs is 3. The normalized spacial score (nSPS) is 14.8. The van der Waals surface area contributed by atoms with Crippen molar-refractivity contribution in [2.75, 3.05) is 6.54 Å². The first kappa shape index (κ1) is 15.7. The van der Waals surface area contributed by atoms with Crippen molar-refractivity contribution in [2.45, 2.75) is 29.7 Å². The molecule has 0 aliphatic carbocycles. The highest BCUT2D eigenvalue weighted by molar-refractivity contribution is 7.91. The van der Waals surface area contributed by atoms with E-state index in [4.69, 9.17) is 16.0 Å². The first-order chi connectivity index (χ1) is 11.5. The number of rotatable bonds is 2. The van der Waals surface area contributed by atoms with Crippen molar-refractivity contribution < 1.29 is 12.8 Å². The minimum Gasteiger partial charge on any atom is -0.459 e. The molecule has 3 aromatic rings. The SMILES string of the molecule is Cc1ccccc1S(=O)(=O)c1cc(Cl)c2oc3c(c2c1)CNCC3. The van der Waals surface area contributed by atoms with Gasteiger partial charge in [0.1, 0.15) is 5.76 Å². The summed E-state index contributed by atoms with van der Waals surface area (Å²) in [5.74, 6) is 0.885. The molecule has 6 heteroatoms. The van der Waals surface area contributed by atoms with Crippen molar-refractivity contribution in [3.8, 4) is 0 Å². The van der Waals surface area contributed by atoms with E-state index in [-0.39, 0.29) is 4.90 Å². The van der Waals surface area contributed by atoms with Crippen molar-refractivity contribution in [3.05, 3.63) is 58.3 Å². The van der Waals surface area contributed by atoms with Gasteiger partial charge in [0, 0.05) is 30.5 Å². The summed E-state index contributed by atoms with van der Waals surface area (Å²) in [6.45, 7) is 3.29. The fourth-order valence-electron chi connectivity index (χ4n) is 3.18. The number of hydrogen-bond donors (Lipinski definition) is 1. The molecule has 0 amide bonds. The third-order valence-corrected chi connectivity index (χ3v) is 6.60. The molecule has 0 radical (unpaired) electrons. The van der Waals surface area contributed by atoms with Crippen LogP contribution in [0.15, 0.2) is 50.6 Å². The van der Waals surface area contributed by atoms with Gasteiger partial charge in [-0.2, -0.15) is 0 Å². The summed E-state index contributed by atoms with van der Waals surface area (Å²) in [5, 5.41) is 4.39. The van der Waals surface area contributed by atoms with Gasteiger partial charge in [-0.1, -0.05) is 29.8 Å². The van der Waals surface area contributed by atoms with Gasteiger partial charge in [0.25, 0.3) is 0 Å². The van der Waals surface area contributed by atoms with Crippen LogP contribution >= 0.6 is 11.6 Å². The Balaban J connectivity index is 1.96. The Kier molecular flexibility index (Phi) is 3.67. The highest BCUT2D eigenvalue weighted by atomic mass is 35.5. The maximum atomic E-state index is 13.0. The lowest BCUT2D eigenvalue weighted by atomic mass is 10.1. The van der Waals surface area contributed by atoms with Gasteiger partial charge in [0.05, 0.1) is 14.8 Å². The van der Waals surface area contributed by atoms with Crippen molar-refractivity contribution in [2.24, 2.45) is 0 Å². The van der Waals surface area contributed by atoms with Crippen LogP contribution in [0.1, 0.15) is 16.9 Å². The predicted octanol–water partition coefficient (Wildman–Crippen LogP) is 3.87. The van der Waals surface area contributed by atoms with Crippen LogP contribution in [0.3, 0.4) is 0 Å². The Morgan fingerprint density at radius 1 is 1.21 bits per heavy atom. The average molecular weight is 362 g/mol. The molecule has 4 rings (SSSR count). The first-order valence-corrected chi connectivity index (χ1v) is 9.60. The largest absolute Gasteiger partial charge is 0.459 e. The Morgan fingerprint density at radius 3 is 2.79 bits per heavy atom. The lowest BCUT2D eigenvalue weighted by Gasteiger charge is -2.11. The Morgan fingerprint density at radius 2 is 2.00 bits per heavy atom. The van der Waals surface area contributed by atoms with Gasteiger partial charge < -0.3 is 9.73 Å². The molecule has 0 atom stereocenters. The maximum absolute atomic E-state index is 13.0. The van der Waals surface area contributed by atoms with Gasteiger partial charge in [-0.3, -0.25) is 0 Å². The quantitative estimate of drug-likeness (QED) is 0.752. The van der Waals surface area contributed by atoms with E-state index in [9.17, 15) is 8.42 Å². The summed E-state index contributed by atoms with van der Waals surface area (Å²) in [4.78, 5) is 0.499. The minimum atomic E-state index is -3.63. The van der Waals surface area contributed by atoms with Crippen LogP contribution in [-0.2, 0) is 22.8 Å². The summed E-state index contributed by atoms with van der Waals surface area (Å²) in [6.07, 6.45) is 0.778. The number of nitrogens with one attached hydrogen (secondary N) is 1. The zero-order valence-electron chi connectivity index (χ0n) is 13.1. The average Bonchev–Trinajstić information content (AvgIpc) is 2.94. The predicted molar refractivity (Wildman–Crippen MR) is 93.3 cm³/mol. The van der Waals surface area contributed by atoms with Crippen LogP contribution in [0.5, 0.6) is 0 Å². The lowest BCUT2D eigenvalue weighted by molar-refractivity contribution is 0.500. The third kappa shape index (κ3) is 2.35. The molecule has 2 aromatic carbocycles. The van der Waals surface area contributed by atoms with E-state index in [1.54, 1.807) is 31.2 Å². The van der Waals surface area contributed by atoms with E-state index in [1.165, 1.54) is 6.07 Å². The molecular formula is C18H16ClNO3S. The second-order valence-corrected chi connectivity index (χ2v) is 8.31. The molecule has 2 heterocycles. The number of hydrogen-bond acceptors (Lipinski definition) is 4. The smallest absolute Gasteiger partial charge is 0.206 e. The monoisotopic (exact) mass is 361 g/mol. The van der Waals surface area contributed by atoms with Gasteiger partial charge >= 0.3 is 0 Å². The number of halogens is 1. The molecule has 0 saturated carbocycles. The minimum absolute atomic E-state index is 0.198. The van der Waals surface area contributed by atoms with Gasteiger partial charge in [-0.25, -0.2) is 8.42 Å². The van der Waals surface area contributed by atoms with Gasteiger partial charge in [-0.15, -0.1) is 0 Å². The summed E-state index contributed by atoms with van der Waals surface area (Å²) >= 11 is 6.34. The third-order valence-electron chi connectivity index (χ3n) is 4.43. The van der Waals surface area contributed by atoms with E-state index < -0.39 is 9.84 Å². The Bertz CT molecular complexity index is 1050. The van der Waals surface area contributed by atoms with Crippen molar-refractivity contribution in [1.82, 2.24) is 5.32 Å². The van der Waals surface area contributed by atoms with Crippen LogP contribution in [0, 0.1) is 6.92 Å². The highest BCUT2D eigenvalue weighted by Gasteiger charge is 2.25. The maximum Gasteiger partial charge on any atom is 0.206 e. The topological polar surface area (TPSA) is 59.3 Å². The molecule has 0 spiro atoms. The van der Waals surface area contributed by atoms with Crippen LogP contribution in [0.2, 0.25) is 5.02 Å². The van der Waals surface area contributed by atoms with Crippen molar-refractivity contribution in [1.29, 1.82) is 0 Å². The zero-order chi connectivity index (χ0) is 16.9. The second kappa shape index (κ2) is 5.62. The van der Waals surface area contributed by atoms with Crippen LogP contribution in [0.4, 0.5) is 0 Å². The highest BCUT2D eigenvalue weighted by Crippen LogP contribution is 2.36. The van der Waals surface area contributed by atoms with E-state index in [2.05, 4.69) is 5.32 Å². The molecule has 1 aliphatic heterocycles. The zero-order valence-corrected chi connectivity index (χ0v) is 14.7. The first-order valence-electron chi connectivity index (χ1n) is 7.74. The summed E-state index contributed by atoms with van der Waals surface area (Å²) < 4.78 is 31.9. The van der Waals surface area contributed by atoms with Gasteiger partial charge in [-0.05, 0) is 30.7 Å². The molecule has 1 N–H and O–H groups in total. The molecule has 0 fully saturated rings. The second-order valence-electron chi connectivity index (χ2n) is 5.98. The molecule has 124 valence electrons. The molecule has 0 unspecified atom stereocenters. The molecular weight excluding hydrogens is 346 g/mol. The molecule has 24 heavy (non-hydrogen) atoms. The number of benzene rings is 2. The van der Waals surface area contributed by atoms with E-state index in [0.29, 0.717) is 27.6 Å². The molecule has 1 aromatic heterocycles. The van der Waals surface area contributed by atoms with Crippen molar-refractivity contribution >= 4 is 32.4 Å². The van der Waals surface area contributed by atoms with Gasteiger partial charge in [0.15, 0.2) is 5.58 Å². The van der Waals surface area contributed by atoms with Crippen molar-refractivity contribution in [3.63, 3.8) is 0 Å².